The van der Waals surface area contributed by atoms with Gasteiger partial charge in [-0.15, -0.1) is 0 Å². The molecule has 0 aliphatic carbocycles. The second kappa shape index (κ2) is 8.82. The first kappa shape index (κ1) is 21.4. The monoisotopic (exact) mass is 450 g/mol. The smallest absolute Gasteiger partial charge is 0.413 e. The predicted molar refractivity (Wildman–Crippen MR) is 127 cm³/mol. The fourth-order valence-electron chi connectivity index (χ4n) is 4.58. The van der Waals surface area contributed by atoms with Crippen LogP contribution >= 0.6 is 0 Å². The molecule has 1 aromatic carbocycles. The van der Waals surface area contributed by atoms with Crippen LogP contribution in [0.25, 0.3) is 21.9 Å². The van der Waals surface area contributed by atoms with Crippen molar-refractivity contribution in [2.24, 2.45) is 0 Å². The standard InChI is InChI=1S/C24H27FN6O2/c1-13-17(11-29-19-3-2-6-28-23(13)19)16-9-14-10-20(30-12-18(14)22(26)21(16)25)31-24(32)33-15-4-7-27-8-5-15/h9-12,15,27-28H,2-8,26H2,1H3,(H,30,31,32). The summed E-state index contributed by atoms with van der Waals surface area (Å²) in [7, 11) is 0. The molecule has 8 nitrogen and oxygen atoms in total. The number of halogens is 1. The van der Waals surface area contributed by atoms with Crippen molar-refractivity contribution in [2.45, 2.75) is 38.7 Å². The number of pyridine rings is 2. The summed E-state index contributed by atoms with van der Waals surface area (Å²) in [6, 6.07) is 3.41. The average Bonchev–Trinajstić information content (AvgIpc) is 2.82. The molecule has 2 aromatic heterocycles. The summed E-state index contributed by atoms with van der Waals surface area (Å²) in [5, 5.41) is 10.4. The summed E-state index contributed by atoms with van der Waals surface area (Å²) in [6.45, 7) is 4.48. The highest BCUT2D eigenvalue weighted by atomic mass is 19.1. The van der Waals surface area contributed by atoms with Gasteiger partial charge in [-0.3, -0.25) is 10.3 Å². The number of amides is 1. The molecule has 0 saturated carbocycles. The fraction of sp³-hybridized carbons (Fsp3) is 0.375. The number of aryl methyl sites for hydroxylation is 1. The number of rotatable bonds is 3. The molecule has 0 spiro atoms. The van der Waals surface area contributed by atoms with Gasteiger partial charge in [-0.05, 0) is 68.8 Å². The fourth-order valence-corrected chi connectivity index (χ4v) is 4.58. The molecule has 0 bridgehead atoms. The first-order chi connectivity index (χ1) is 16.0. The van der Waals surface area contributed by atoms with Gasteiger partial charge in [-0.25, -0.2) is 14.2 Å². The minimum Gasteiger partial charge on any atom is -0.446 e. The third-order valence-corrected chi connectivity index (χ3v) is 6.39. The van der Waals surface area contributed by atoms with Gasteiger partial charge in [-0.2, -0.15) is 0 Å². The molecule has 2 aliphatic heterocycles. The number of nitrogens with zero attached hydrogens (tertiary/aromatic N) is 2. The zero-order valence-electron chi connectivity index (χ0n) is 18.5. The largest absolute Gasteiger partial charge is 0.446 e. The van der Waals surface area contributed by atoms with Gasteiger partial charge in [0, 0.05) is 35.5 Å². The summed E-state index contributed by atoms with van der Waals surface area (Å²) < 4.78 is 20.8. The highest BCUT2D eigenvalue weighted by molar-refractivity contribution is 5.99. The number of hydrogen-bond donors (Lipinski definition) is 4. The molecule has 9 heteroatoms. The van der Waals surface area contributed by atoms with Crippen molar-refractivity contribution >= 4 is 34.1 Å². The zero-order valence-corrected chi connectivity index (χ0v) is 18.5. The molecule has 4 heterocycles. The molecular weight excluding hydrogens is 423 g/mol. The van der Waals surface area contributed by atoms with Gasteiger partial charge >= 0.3 is 6.09 Å². The molecule has 0 atom stereocenters. The molecule has 2 aliphatic rings. The predicted octanol–water partition coefficient (Wildman–Crippen LogP) is 3.99. The molecule has 3 aromatic rings. The van der Waals surface area contributed by atoms with Crippen molar-refractivity contribution < 1.29 is 13.9 Å². The topological polar surface area (TPSA) is 114 Å². The van der Waals surface area contributed by atoms with Crippen LogP contribution < -0.4 is 21.7 Å². The SMILES string of the molecule is Cc1c(-c2cc3cc(NC(=O)OC4CCNCC4)ncc3c(N)c2F)cnc2c1NCCC2. The maximum Gasteiger partial charge on any atom is 0.413 e. The van der Waals surface area contributed by atoms with E-state index in [9.17, 15) is 4.79 Å². The van der Waals surface area contributed by atoms with Crippen molar-refractivity contribution in [1.29, 1.82) is 0 Å². The van der Waals surface area contributed by atoms with E-state index in [1.165, 1.54) is 6.20 Å². The molecule has 0 radical (unpaired) electrons. The van der Waals surface area contributed by atoms with Crippen molar-refractivity contribution in [2.75, 3.05) is 36.0 Å². The van der Waals surface area contributed by atoms with E-state index in [-0.39, 0.29) is 11.8 Å². The molecule has 0 unspecified atom stereocenters. The maximum absolute atomic E-state index is 15.3. The quantitative estimate of drug-likeness (QED) is 0.446. The number of hydrogen-bond acceptors (Lipinski definition) is 7. The Hall–Kier alpha value is -3.46. The maximum atomic E-state index is 15.3. The highest BCUT2D eigenvalue weighted by Crippen LogP contribution is 2.38. The van der Waals surface area contributed by atoms with Gasteiger partial charge in [0.15, 0.2) is 5.82 Å². The lowest BCUT2D eigenvalue weighted by atomic mass is 9.95. The number of nitrogens with one attached hydrogen (secondary N) is 3. The summed E-state index contributed by atoms with van der Waals surface area (Å²) >= 11 is 0. The van der Waals surface area contributed by atoms with Crippen LogP contribution in [0.5, 0.6) is 0 Å². The molecule has 1 fully saturated rings. The number of fused-ring (bicyclic) bond motifs is 2. The first-order valence-electron chi connectivity index (χ1n) is 11.3. The van der Waals surface area contributed by atoms with E-state index in [1.54, 1.807) is 18.3 Å². The third-order valence-electron chi connectivity index (χ3n) is 6.39. The first-order valence-corrected chi connectivity index (χ1v) is 11.3. The molecule has 1 amide bonds. The van der Waals surface area contributed by atoms with Crippen LogP contribution in [0.15, 0.2) is 24.5 Å². The Balaban J connectivity index is 1.47. The van der Waals surface area contributed by atoms with Crippen LogP contribution in [0.2, 0.25) is 0 Å². The van der Waals surface area contributed by atoms with Crippen LogP contribution in [0.4, 0.5) is 26.4 Å². The van der Waals surface area contributed by atoms with E-state index in [2.05, 4.69) is 25.9 Å². The second-order valence-electron chi connectivity index (χ2n) is 8.57. The molecule has 5 N–H and O–H groups in total. The van der Waals surface area contributed by atoms with Gasteiger partial charge < -0.3 is 21.1 Å². The Bertz CT molecular complexity index is 1230. The Morgan fingerprint density at radius 3 is 2.82 bits per heavy atom. The number of benzene rings is 1. The van der Waals surface area contributed by atoms with E-state index in [1.807, 2.05) is 6.92 Å². The molecule has 172 valence electrons. The zero-order chi connectivity index (χ0) is 22.9. The number of ether oxygens (including phenoxy) is 1. The van der Waals surface area contributed by atoms with Crippen LogP contribution in [-0.2, 0) is 11.2 Å². The molecule has 33 heavy (non-hydrogen) atoms. The van der Waals surface area contributed by atoms with E-state index in [4.69, 9.17) is 10.5 Å². The lowest BCUT2D eigenvalue weighted by molar-refractivity contribution is 0.0908. The van der Waals surface area contributed by atoms with E-state index in [0.29, 0.717) is 27.7 Å². The van der Waals surface area contributed by atoms with Crippen LogP contribution in [0, 0.1) is 12.7 Å². The molecule has 1 saturated heterocycles. The second-order valence-corrected chi connectivity index (χ2v) is 8.57. The normalized spacial score (nSPS) is 16.2. The number of aromatic nitrogens is 2. The highest BCUT2D eigenvalue weighted by Gasteiger charge is 2.21. The lowest BCUT2D eigenvalue weighted by Gasteiger charge is -2.22. The molecular formula is C24H27FN6O2. The summed E-state index contributed by atoms with van der Waals surface area (Å²) in [5.41, 5.74) is 10.1. The van der Waals surface area contributed by atoms with Gasteiger partial charge in [0.25, 0.3) is 0 Å². The number of piperidine rings is 1. The Morgan fingerprint density at radius 2 is 2.00 bits per heavy atom. The Morgan fingerprint density at radius 1 is 1.18 bits per heavy atom. The average molecular weight is 451 g/mol. The van der Waals surface area contributed by atoms with Crippen LogP contribution in [0.1, 0.15) is 30.5 Å². The number of anilines is 3. The van der Waals surface area contributed by atoms with Gasteiger partial charge in [0.2, 0.25) is 0 Å². The number of nitrogen functional groups attached to an aromatic ring is 1. The lowest BCUT2D eigenvalue weighted by Crippen LogP contribution is -2.34. The summed E-state index contributed by atoms with van der Waals surface area (Å²) in [6.07, 6.45) is 6.00. The van der Waals surface area contributed by atoms with Crippen molar-refractivity contribution in [3.8, 4) is 11.1 Å². The minimum atomic E-state index is -0.551. The van der Waals surface area contributed by atoms with Crippen LogP contribution in [-0.4, -0.2) is 41.8 Å². The van der Waals surface area contributed by atoms with Gasteiger partial charge in [0.05, 0.1) is 17.1 Å². The van der Waals surface area contributed by atoms with E-state index >= 15 is 4.39 Å². The minimum absolute atomic E-state index is 0.0175. The Kier molecular flexibility index (Phi) is 5.72. The number of nitrogens with two attached hydrogens (primary N) is 1. The Labute approximate surface area is 191 Å². The van der Waals surface area contributed by atoms with Gasteiger partial charge in [0.1, 0.15) is 11.9 Å². The molecule has 5 rings (SSSR count). The number of carbonyl (C=O) groups excluding carboxylic acids is 1. The third kappa shape index (κ3) is 4.16. The summed E-state index contributed by atoms with van der Waals surface area (Å²) in [4.78, 5) is 21.1. The van der Waals surface area contributed by atoms with Crippen LogP contribution in [0.3, 0.4) is 0 Å². The van der Waals surface area contributed by atoms with E-state index < -0.39 is 11.9 Å². The van der Waals surface area contributed by atoms with Crippen molar-refractivity contribution in [3.05, 3.63) is 41.6 Å². The van der Waals surface area contributed by atoms with E-state index in [0.717, 1.165) is 62.3 Å². The number of carbonyl (C=O) groups is 1. The van der Waals surface area contributed by atoms with Gasteiger partial charge in [-0.1, -0.05) is 0 Å². The van der Waals surface area contributed by atoms with Crippen molar-refractivity contribution in [1.82, 2.24) is 15.3 Å². The summed E-state index contributed by atoms with van der Waals surface area (Å²) in [5.74, 6) is -0.184. The van der Waals surface area contributed by atoms with Crippen molar-refractivity contribution in [3.63, 3.8) is 0 Å².